The number of aromatic nitrogens is 2. The third-order valence-electron chi connectivity index (χ3n) is 6.75. The number of fused-ring (bicyclic) bond motifs is 1. The summed E-state index contributed by atoms with van der Waals surface area (Å²) in [6, 6.07) is 15.5. The van der Waals surface area contributed by atoms with Gasteiger partial charge in [-0.2, -0.15) is 0 Å². The molecule has 1 saturated carbocycles. The number of nitrogens with zero attached hydrogens (tertiary/aromatic N) is 3. The molecule has 2 aromatic carbocycles. The molecule has 0 atom stereocenters. The molecule has 1 aliphatic carbocycles. The smallest absolute Gasteiger partial charge is 0.242 e. The summed E-state index contributed by atoms with van der Waals surface area (Å²) < 4.78 is 28.4. The van der Waals surface area contributed by atoms with E-state index in [0.29, 0.717) is 24.9 Å². The lowest BCUT2D eigenvalue weighted by molar-refractivity contribution is -0.121. The summed E-state index contributed by atoms with van der Waals surface area (Å²) in [7, 11) is -0.491. The van der Waals surface area contributed by atoms with E-state index in [2.05, 4.69) is 28.9 Å². The van der Waals surface area contributed by atoms with Crippen molar-refractivity contribution in [1.29, 1.82) is 0 Å². The predicted molar refractivity (Wildman–Crippen MR) is 134 cm³/mol. The Balaban J connectivity index is 1.47. The Morgan fingerprint density at radius 3 is 2.53 bits per heavy atom. The minimum Gasteiger partial charge on any atom is -0.355 e. The Labute approximate surface area is 202 Å². The van der Waals surface area contributed by atoms with E-state index in [0.717, 1.165) is 43.6 Å². The van der Waals surface area contributed by atoms with Crippen molar-refractivity contribution >= 4 is 27.0 Å². The van der Waals surface area contributed by atoms with Gasteiger partial charge in [0.2, 0.25) is 15.9 Å². The number of rotatable bonds is 11. The molecular formula is C26H34N4O3S. The third-order valence-corrected chi connectivity index (χ3v) is 8.56. The van der Waals surface area contributed by atoms with Crippen LogP contribution in [0.3, 0.4) is 0 Å². The average molecular weight is 483 g/mol. The number of sulfonamides is 1. The summed E-state index contributed by atoms with van der Waals surface area (Å²) in [6.07, 6.45) is 5.09. The Hall–Kier alpha value is -2.71. The highest BCUT2D eigenvalue weighted by molar-refractivity contribution is 7.89. The molecule has 0 aliphatic heterocycles. The van der Waals surface area contributed by atoms with Crippen LogP contribution < -0.4 is 5.32 Å². The van der Waals surface area contributed by atoms with Crippen molar-refractivity contribution in [2.24, 2.45) is 0 Å². The molecular weight excluding hydrogens is 448 g/mol. The fourth-order valence-electron chi connectivity index (χ4n) is 4.38. The van der Waals surface area contributed by atoms with Crippen LogP contribution >= 0.6 is 0 Å². The minimum atomic E-state index is -3.53. The van der Waals surface area contributed by atoms with Crippen LogP contribution in [0.2, 0.25) is 0 Å². The van der Waals surface area contributed by atoms with Crippen LogP contribution in [0.5, 0.6) is 0 Å². The van der Waals surface area contributed by atoms with E-state index < -0.39 is 10.0 Å². The maximum absolute atomic E-state index is 12.7. The highest BCUT2D eigenvalue weighted by atomic mass is 32.2. The Morgan fingerprint density at radius 2 is 1.88 bits per heavy atom. The normalized spacial score (nSPS) is 15.1. The van der Waals surface area contributed by atoms with Crippen molar-refractivity contribution < 1.29 is 13.2 Å². The quantitative estimate of drug-likeness (QED) is 0.450. The maximum Gasteiger partial charge on any atom is 0.242 e. The van der Waals surface area contributed by atoms with Crippen LogP contribution in [-0.2, 0) is 33.2 Å². The van der Waals surface area contributed by atoms with Crippen LogP contribution in [0, 0.1) is 0 Å². The number of amides is 1. The van der Waals surface area contributed by atoms with Crippen LogP contribution in [0.4, 0.5) is 0 Å². The summed E-state index contributed by atoms with van der Waals surface area (Å²) in [5.41, 5.74) is 2.93. The standard InChI is InChI=1S/C26H34N4O3S/c1-4-5-17-30-23-12-11-21(34(32,33)29(2)3)18-22(23)28-24(30)13-14-25(31)27-19-26(15-16-26)20-9-7-6-8-10-20/h6-12,18H,4-5,13-17,19H2,1-3H3,(H,27,31). The number of carbonyl (C=O) groups excluding carboxylic acids is 1. The first-order valence-corrected chi connectivity index (χ1v) is 13.4. The highest BCUT2D eigenvalue weighted by Gasteiger charge is 2.44. The summed E-state index contributed by atoms with van der Waals surface area (Å²) in [4.78, 5) is 17.7. The monoisotopic (exact) mass is 482 g/mol. The Kier molecular flexibility index (Phi) is 7.09. The lowest BCUT2D eigenvalue weighted by Gasteiger charge is -2.16. The zero-order chi connectivity index (χ0) is 24.3. The van der Waals surface area contributed by atoms with E-state index in [-0.39, 0.29) is 16.2 Å². The SMILES string of the molecule is CCCCn1c(CCC(=O)NCC2(c3ccccc3)CC2)nc2cc(S(=O)(=O)N(C)C)ccc21. The second-order valence-electron chi connectivity index (χ2n) is 9.39. The van der Waals surface area contributed by atoms with Crippen molar-refractivity contribution in [3.05, 3.63) is 59.9 Å². The lowest BCUT2D eigenvalue weighted by atomic mass is 9.96. The van der Waals surface area contributed by atoms with Gasteiger partial charge in [-0.1, -0.05) is 43.7 Å². The Morgan fingerprint density at radius 1 is 1.15 bits per heavy atom. The van der Waals surface area contributed by atoms with Gasteiger partial charge in [0.1, 0.15) is 5.82 Å². The summed E-state index contributed by atoms with van der Waals surface area (Å²) in [5, 5.41) is 3.13. The number of unbranched alkanes of at least 4 members (excludes halogenated alkanes) is 1. The van der Waals surface area contributed by atoms with E-state index in [1.54, 1.807) is 12.1 Å². The second-order valence-corrected chi connectivity index (χ2v) is 11.5. The number of imidazole rings is 1. The minimum absolute atomic E-state index is 0.0205. The molecule has 0 unspecified atom stereocenters. The van der Waals surface area contributed by atoms with Gasteiger partial charge in [0.15, 0.2) is 0 Å². The summed E-state index contributed by atoms with van der Waals surface area (Å²) in [5.74, 6) is 0.842. The summed E-state index contributed by atoms with van der Waals surface area (Å²) >= 11 is 0. The molecule has 8 heteroatoms. The van der Waals surface area contributed by atoms with Gasteiger partial charge in [-0.15, -0.1) is 0 Å². The predicted octanol–water partition coefficient (Wildman–Crippen LogP) is 3.87. The average Bonchev–Trinajstić information content (AvgIpc) is 3.55. The zero-order valence-electron chi connectivity index (χ0n) is 20.3. The van der Waals surface area contributed by atoms with Crippen LogP contribution in [-0.4, -0.2) is 48.8 Å². The van der Waals surface area contributed by atoms with E-state index in [1.807, 2.05) is 24.3 Å². The number of hydrogen-bond donors (Lipinski definition) is 1. The third kappa shape index (κ3) is 5.03. The maximum atomic E-state index is 12.7. The highest BCUT2D eigenvalue weighted by Crippen LogP contribution is 2.47. The number of aryl methyl sites for hydroxylation is 2. The van der Waals surface area contributed by atoms with Crippen molar-refractivity contribution in [2.45, 2.75) is 62.3 Å². The molecule has 1 aliphatic rings. The van der Waals surface area contributed by atoms with Gasteiger partial charge in [0.25, 0.3) is 0 Å². The molecule has 34 heavy (non-hydrogen) atoms. The molecule has 3 aromatic rings. The van der Waals surface area contributed by atoms with Crippen molar-refractivity contribution in [1.82, 2.24) is 19.2 Å². The van der Waals surface area contributed by atoms with Gasteiger partial charge in [0.05, 0.1) is 15.9 Å². The topological polar surface area (TPSA) is 84.3 Å². The second kappa shape index (κ2) is 9.88. The van der Waals surface area contributed by atoms with Crippen molar-refractivity contribution in [3.63, 3.8) is 0 Å². The van der Waals surface area contributed by atoms with Crippen molar-refractivity contribution in [3.8, 4) is 0 Å². The first-order valence-electron chi connectivity index (χ1n) is 12.0. The van der Waals surface area contributed by atoms with Crippen LogP contribution in [0.1, 0.15) is 50.4 Å². The van der Waals surface area contributed by atoms with E-state index in [1.165, 1.54) is 24.0 Å². The van der Waals surface area contributed by atoms with Crippen LogP contribution in [0.25, 0.3) is 11.0 Å². The molecule has 1 amide bonds. The van der Waals surface area contributed by atoms with Crippen LogP contribution in [0.15, 0.2) is 53.4 Å². The number of benzene rings is 2. The van der Waals surface area contributed by atoms with E-state index in [9.17, 15) is 13.2 Å². The molecule has 0 saturated heterocycles. The molecule has 1 N–H and O–H groups in total. The molecule has 0 radical (unpaired) electrons. The molecule has 1 heterocycles. The molecule has 1 aromatic heterocycles. The van der Waals surface area contributed by atoms with Gasteiger partial charge < -0.3 is 9.88 Å². The molecule has 182 valence electrons. The first-order chi connectivity index (χ1) is 16.3. The van der Waals surface area contributed by atoms with Gasteiger partial charge in [0, 0.05) is 45.4 Å². The molecule has 0 spiro atoms. The van der Waals surface area contributed by atoms with Gasteiger partial charge in [-0.05, 0) is 43.0 Å². The number of hydrogen-bond acceptors (Lipinski definition) is 4. The molecule has 1 fully saturated rings. The largest absolute Gasteiger partial charge is 0.355 e. The van der Waals surface area contributed by atoms with Crippen molar-refractivity contribution in [2.75, 3.05) is 20.6 Å². The molecule has 7 nitrogen and oxygen atoms in total. The Bertz CT molecular complexity index is 1260. The first kappa shape index (κ1) is 24.4. The van der Waals surface area contributed by atoms with E-state index in [4.69, 9.17) is 4.98 Å². The van der Waals surface area contributed by atoms with E-state index >= 15 is 0 Å². The lowest BCUT2D eigenvalue weighted by Crippen LogP contribution is -2.32. The van der Waals surface area contributed by atoms with Gasteiger partial charge in [-0.3, -0.25) is 4.79 Å². The molecule has 0 bridgehead atoms. The zero-order valence-corrected chi connectivity index (χ0v) is 21.1. The summed E-state index contributed by atoms with van der Waals surface area (Å²) in [6.45, 7) is 3.59. The fourth-order valence-corrected chi connectivity index (χ4v) is 5.30. The fraction of sp³-hybridized carbons (Fsp3) is 0.462. The number of nitrogens with one attached hydrogen (secondary N) is 1. The van der Waals surface area contributed by atoms with Gasteiger partial charge in [-0.25, -0.2) is 17.7 Å². The van der Waals surface area contributed by atoms with Gasteiger partial charge >= 0.3 is 0 Å². The number of carbonyl (C=O) groups is 1. The molecule has 4 rings (SSSR count).